The van der Waals surface area contributed by atoms with E-state index < -0.39 is 0 Å². The van der Waals surface area contributed by atoms with Gasteiger partial charge in [0.2, 0.25) is 0 Å². The molecule has 0 fully saturated rings. The van der Waals surface area contributed by atoms with Gasteiger partial charge in [-0.25, -0.2) is 0 Å². The number of nitrogens with one attached hydrogen (secondary N) is 1. The maximum absolute atomic E-state index is 3.98. The number of aromatic nitrogens is 3. The Bertz CT molecular complexity index is 358. The summed E-state index contributed by atoms with van der Waals surface area (Å²) in [5, 5.41) is 10.6. The molecule has 0 aliphatic carbocycles. The molecule has 0 spiro atoms. The predicted molar refractivity (Wildman–Crippen MR) is 43.4 cm³/mol. The summed E-state index contributed by atoms with van der Waals surface area (Å²) < 4.78 is 0. The molecular formula is C8H9AgN3. The van der Waals surface area contributed by atoms with Crippen molar-refractivity contribution in [2.75, 3.05) is 0 Å². The van der Waals surface area contributed by atoms with Crippen LogP contribution in [0.3, 0.4) is 0 Å². The van der Waals surface area contributed by atoms with Gasteiger partial charge < -0.3 is 0 Å². The molecule has 0 aliphatic rings. The number of nitrogens with zero attached hydrogens (tertiary/aromatic N) is 2. The molecule has 0 unspecified atom stereocenters. The molecule has 1 aromatic heterocycles. The summed E-state index contributed by atoms with van der Waals surface area (Å²) in [6, 6.07) is 4.07. The zero-order valence-electron chi connectivity index (χ0n) is 6.85. The quantitative estimate of drug-likeness (QED) is 0.726. The molecule has 2 aromatic rings. The monoisotopic (exact) mass is 254 g/mol. The number of benzene rings is 1. The van der Waals surface area contributed by atoms with Gasteiger partial charge in [-0.15, -0.1) is 0 Å². The number of hydrogen-bond acceptors (Lipinski definition) is 2. The molecule has 0 saturated carbocycles. The summed E-state index contributed by atoms with van der Waals surface area (Å²) in [4.78, 5) is 0. The van der Waals surface area contributed by atoms with Crippen molar-refractivity contribution in [2.45, 2.75) is 13.8 Å². The van der Waals surface area contributed by atoms with Crippen molar-refractivity contribution in [3.63, 3.8) is 0 Å². The Labute approximate surface area is 86.1 Å². The van der Waals surface area contributed by atoms with Gasteiger partial charge in [-0.05, 0) is 37.1 Å². The van der Waals surface area contributed by atoms with Gasteiger partial charge in [0, 0.05) is 22.4 Å². The molecule has 1 N–H and O–H groups in total. The number of hydrogen-bond donors (Lipinski definition) is 1. The summed E-state index contributed by atoms with van der Waals surface area (Å²) in [6.07, 6.45) is 0. The molecule has 0 amide bonds. The summed E-state index contributed by atoms with van der Waals surface area (Å²) in [5.74, 6) is 0. The van der Waals surface area contributed by atoms with Crippen molar-refractivity contribution in [1.82, 2.24) is 15.4 Å². The van der Waals surface area contributed by atoms with Crippen molar-refractivity contribution in [2.24, 2.45) is 0 Å². The van der Waals surface area contributed by atoms with Gasteiger partial charge in [0.1, 0.15) is 11.0 Å². The van der Waals surface area contributed by atoms with Gasteiger partial charge in [0.05, 0.1) is 0 Å². The van der Waals surface area contributed by atoms with Crippen LogP contribution < -0.4 is 0 Å². The van der Waals surface area contributed by atoms with Crippen LogP contribution in [-0.4, -0.2) is 15.4 Å². The Balaban J connectivity index is 0.000000720. The van der Waals surface area contributed by atoms with Crippen LogP contribution in [0.15, 0.2) is 12.1 Å². The molecule has 4 heteroatoms. The Morgan fingerprint density at radius 3 is 1.83 bits per heavy atom. The molecule has 1 aromatic carbocycles. The van der Waals surface area contributed by atoms with E-state index in [0.29, 0.717) is 0 Å². The molecule has 0 bridgehead atoms. The second-order valence-corrected chi connectivity index (χ2v) is 2.75. The molecule has 0 atom stereocenters. The van der Waals surface area contributed by atoms with E-state index in [1.165, 1.54) is 11.1 Å². The van der Waals surface area contributed by atoms with E-state index in [2.05, 4.69) is 29.3 Å². The topological polar surface area (TPSA) is 41.6 Å². The van der Waals surface area contributed by atoms with E-state index in [4.69, 9.17) is 0 Å². The van der Waals surface area contributed by atoms with E-state index >= 15 is 0 Å². The number of fused-ring (bicyclic) bond motifs is 1. The molecule has 1 radical (unpaired) electrons. The second-order valence-electron chi connectivity index (χ2n) is 2.75. The standard InChI is InChI=1S/C8H9N3.Ag/c1-5-3-7-8(4-6(5)2)10-11-9-7;/h3-4H,1-2H3,(H,9,10,11);. The number of H-pyrrole nitrogens is 1. The van der Waals surface area contributed by atoms with Crippen LogP contribution in [-0.2, 0) is 22.4 Å². The zero-order chi connectivity index (χ0) is 7.84. The van der Waals surface area contributed by atoms with Crippen molar-refractivity contribution >= 4 is 11.0 Å². The molecule has 0 aliphatic heterocycles. The minimum atomic E-state index is 0. The smallest absolute Gasteiger partial charge is 0.113 e. The first kappa shape index (κ1) is 9.45. The van der Waals surface area contributed by atoms with Crippen molar-refractivity contribution in [1.29, 1.82) is 0 Å². The van der Waals surface area contributed by atoms with E-state index in [1.807, 2.05) is 12.1 Å². The van der Waals surface area contributed by atoms with E-state index in [0.717, 1.165) is 11.0 Å². The van der Waals surface area contributed by atoms with Crippen LogP contribution in [0, 0.1) is 13.8 Å². The van der Waals surface area contributed by atoms with E-state index in [1.54, 1.807) is 0 Å². The first-order valence-corrected chi connectivity index (χ1v) is 3.55. The molecule has 1 heterocycles. The van der Waals surface area contributed by atoms with Gasteiger partial charge in [0.25, 0.3) is 0 Å². The van der Waals surface area contributed by atoms with Gasteiger partial charge in [-0.1, -0.05) is 0 Å². The van der Waals surface area contributed by atoms with Gasteiger partial charge in [0.15, 0.2) is 0 Å². The summed E-state index contributed by atoms with van der Waals surface area (Å²) in [7, 11) is 0. The summed E-state index contributed by atoms with van der Waals surface area (Å²) >= 11 is 0. The van der Waals surface area contributed by atoms with Crippen LogP contribution in [0.25, 0.3) is 11.0 Å². The fraction of sp³-hybridized carbons (Fsp3) is 0.250. The molecular weight excluding hydrogens is 246 g/mol. The average Bonchev–Trinajstić information content (AvgIpc) is 2.36. The Hall–Kier alpha value is -0.640. The fourth-order valence-corrected chi connectivity index (χ4v) is 1.10. The summed E-state index contributed by atoms with van der Waals surface area (Å²) in [5.41, 5.74) is 4.39. The number of aromatic amines is 1. The maximum atomic E-state index is 3.98. The van der Waals surface area contributed by atoms with Crippen molar-refractivity contribution in [3.05, 3.63) is 23.3 Å². The number of aryl methyl sites for hydroxylation is 2. The third-order valence-electron chi connectivity index (χ3n) is 1.93. The normalized spacial score (nSPS) is 9.83. The third-order valence-corrected chi connectivity index (χ3v) is 1.93. The van der Waals surface area contributed by atoms with E-state index in [-0.39, 0.29) is 22.4 Å². The van der Waals surface area contributed by atoms with Crippen molar-refractivity contribution < 1.29 is 22.4 Å². The largest absolute Gasteiger partial charge is 0.197 e. The third kappa shape index (κ3) is 1.43. The van der Waals surface area contributed by atoms with Crippen LogP contribution >= 0.6 is 0 Å². The predicted octanol–water partition coefficient (Wildman–Crippen LogP) is 1.57. The van der Waals surface area contributed by atoms with Crippen LogP contribution in [0.4, 0.5) is 0 Å². The zero-order valence-corrected chi connectivity index (χ0v) is 8.33. The maximum Gasteiger partial charge on any atom is 0.113 e. The van der Waals surface area contributed by atoms with Crippen LogP contribution in [0.2, 0.25) is 0 Å². The minimum Gasteiger partial charge on any atom is -0.197 e. The Morgan fingerprint density at radius 2 is 1.42 bits per heavy atom. The fourth-order valence-electron chi connectivity index (χ4n) is 1.10. The first-order valence-electron chi connectivity index (χ1n) is 3.55. The summed E-state index contributed by atoms with van der Waals surface area (Å²) in [6.45, 7) is 4.15. The average molecular weight is 255 g/mol. The van der Waals surface area contributed by atoms with Gasteiger partial charge >= 0.3 is 0 Å². The molecule has 3 nitrogen and oxygen atoms in total. The van der Waals surface area contributed by atoms with Crippen LogP contribution in [0.1, 0.15) is 11.1 Å². The van der Waals surface area contributed by atoms with Crippen molar-refractivity contribution in [3.8, 4) is 0 Å². The number of rotatable bonds is 0. The molecule has 2 rings (SSSR count). The van der Waals surface area contributed by atoms with Crippen LogP contribution in [0.5, 0.6) is 0 Å². The van der Waals surface area contributed by atoms with Gasteiger partial charge in [-0.2, -0.15) is 15.4 Å². The SMILES string of the molecule is Cc1cc2n[nH]nc2cc1C.[Ag]. The molecule has 0 saturated heterocycles. The van der Waals surface area contributed by atoms with E-state index in [9.17, 15) is 0 Å². The molecule has 67 valence electrons. The Morgan fingerprint density at radius 1 is 1.00 bits per heavy atom. The first-order chi connectivity index (χ1) is 5.27. The minimum absolute atomic E-state index is 0. The second kappa shape index (κ2) is 3.39. The Kier molecular flexibility index (Phi) is 2.67. The van der Waals surface area contributed by atoms with Gasteiger partial charge in [-0.3, -0.25) is 0 Å². The molecule has 12 heavy (non-hydrogen) atoms.